The van der Waals surface area contributed by atoms with Crippen LogP contribution < -0.4 is 0 Å². The summed E-state index contributed by atoms with van der Waals surface area (Å²) < 4.78 is 4.94. The van der Waals surface area contributed by atoms with Crippen LogP contribution in [-0.2, 0) is 9.53 Å². The molecule has 1 aliphatic rings. The normalized spacial score (nSPS) is 18.1. The quantitative estimate of drug-likeness (QED) is 0.513. The second-order valence-electron chi connectivity index (χ2n) is 4.82. The van der Waals surface area contributed by atoms with E-state index in [1.807, 2.05) is 13.0 Å². The van der Waals surface area contributed by atoms with Gasteiger partial charge in [0.05, 0.1) is 5.57 Å². The summed E-state index contributed by atoms with van der Waals surface area (Å²) in [6.07, 6.45) is 3.68. The van der Waals surface area contributed by atoms with E-state index in [1.54, 1.807) is 6.08 Å². The monoisotopic (exact) mass is 206 g/mol. The number of carbonyl (C=O) groups is 1. The molecule has 0 aromatic rings. The summed E-state index contributed by atoms with van der Waals surface area (Å²) >= 11 is 0. The van der Waals surface area contributed by atoms with E-state index < -0.39 is 0 Å². The lowest BCUT2D eigenvalue weighted by molar-refractivity contribution is -0.135. The van der Waals surface area contributed by atoms with Gasteiger partial charge in [0, 0.05) is 0 Å². The van der Waals surface area contributed by atoms with Crippen molar-refractivity contribution in [2.45, 2.75) is 27.7 Å². The Labute approximate surface area is 91.3 Å². The Morgan fingerprint density at radius 1 is 1.47 bits per heavy atom. The molecular formula is C13H18O2. The van der Waals surface area contributed by atoms with E-state index in [-0.39, 0.29) is 11.4 Å². The number of carbonyl (C=O) groups excluding carboxylic acids is 1. The molecule has 1 aliphatic heterocycles. The van der Waals surface area contributed by atoms with Crippen LogP contribution in [-0.4, -0.2) is 12.6 Å². The molecule has 0 N–H and O–H groups in total. The summed E-state index contributed by atoms with van der Waals surface area (Å²) in [7, 11) is 0. The molecule has 0 saturated carbocycles. The van der Waals surface area contributed by atoms with Crippen molar-refractivity contribution in [1.82, 2.24) is 0 Å². The molecule has 0 spiro atoms. The summed E-state index contributed by atoms with van der Waals surface area (Å²) in [5.41, 5.74) is 2.72. The fourth-order valence-electron chi connectivity index (χ4n) is 1.42. The molecule has 1 heterocycles. The minimum absolute atomic E-state index is 0.00208. The van der Waals surface area contributed by atoms with Gasteiger partial charge in [-0.25, -0.2) is 4.79 Å². The molecule has 2 nitrogen and oxygen atoms in total. The number of rotatable bonds is 2. The SMILES string of the molecule is C=C/C(=C\C1=C(C)COC1=O)C(C)(C)C. The van der Waals surface area contributed by atoms with Crippen molar-refractivity contribution in [1.29, 1.82) is 0 Å². The van der Waals surface area contributed by atoms with Gasteiger partial charge in [0.1, 0.15) is 6.61 Å². The highest BCUT2D eigenvalue weighted by Crippen LogP contribution is 2.29. The second kappa shape index (κ2) is 4.05. The first-order valence-electron chi connectivity index (χ1n) is 5.07. The van der Waals surface area contributed by atoms with Crippen LogP contribution in [0.15, 0.2) is 35.5 Å². The molecule has 15 heavy (non-hydrogen) atoms. The van der Waals surface area contributed by atoms with E-state index in [9.17, 15) is 4.79 Å². The number of esters is 1. The highest BCUT2D eigenvalue weighted by atomic mass is 16.5. The predicted molar refractivity (Wildman–Crippen MR) is 61.4 cm³/mol. The number of cyclic esters (lactones) is 1. The maximum atomic E-state index is 11.4. The van der Waals surface area contributed by atoms with Gasteiger partial charge in [-0.3, -0.25) is 0 Å². The fraction of sp³-hybridized carbons (Fsp3) is 0.462. The summed E-state index contributed by atoms with van der Waals surface area (Å²) in [6.45, 7) is 12.4. The Morgan fingerprint density at radius 3 is 2.40 bits per heavy atom. The van der Waals surface area contributed by atoms with E-state index in [4.69, 9.17) is 4.74 Å². The Morgan fingerprint density at radius 2 is 2.07 bits per heavy atom. The zero-order chi connectivity index (χ0) is 11.6. The van der Waals surface area contributed by atoms with Crippen molar-refractivity contribution in [2.75, 3.05) is 6.61 Å². The maximum absolute atomic E-state index is 11.4. The molecule has 0 unspecified atom stereocenters. The van der Waals surface area contributed by atoms with Crippen LogP contribution in [0.5, 0.6) is 0 Å². The molecule has 82 valence electrons. The Kier molecular flexibility index (Phi) is 3.18. The van der Waals surface area contributed by atoms with Gasteiger partial charge >= 0.3 is 5.97 Å². The third-order valence-corrected chi connectivity index (χ3v) is 2.49. The van der Waals surface area contributed by atoms with E-state index >= 15 is 0 Å². The van der Waals surface area contributed by atoms with E-state index in [1.165, 1.54) is 0 Å². The van der Waals surface area contributed by atoms with Crippen LogP contribution in [0.4, 0.5) is 0 Å². The first-order chi connectivity index (χ1) is 6.86. The van der Waals surface area contributed by atoms with Gasteiger partial charge in [-0.15, -0.1) is 0 Å². The number of allylic oxidation sites excluding steroid dienone is 2. The zero-order valence-corrected chi connectivity index (χ0v) is 9.89. The Hall–Kier alpha value is -1.31. The third kappa shape index (κ3) is 2.58. The fourth-order valence-corrected chi connectivity index (χ4v) is 1.42. The van der Waals surface area contributed by atoms with Crippen LogP contribution in [0.1, 0.15) is 27.7 Å². The minimum atomic E-state index is -0.226. The summed E-state index contributed by atoms with van der Waals surface area (Å²) in [5.74, 6) is -0.226. The molecule has 0 atom stereocenters. The van der Waals surface area contributed by atoms with Crippen molar-refractivity contribution in [3.8, 4) is 0 Å². The summed E-state index contributed by atoms with van der Waals surface area (Å²) in [6, 6.07) is 0. The second-order valence-corrected chi connectivity index (χ2v) is 4.82. The van der Waals surface area contributed by atoms with Crippen LogP contribution >= 0.6 is 0 Å². The summed E-state index contributed by atoms with van der Waals surface area (Å²) in [5, 5.41) is 0. The lowest BCUT2D eigenvalue weighted by Gasteiger charge is -2.20. The topological polar surface area (TPSA) is 26.3 Å². The molecule has 0 aromatic carbocycles. The lowest BCUT2D eigenvalue weighted by Crippen LogP contribution is -2.09. The maximum Gasteiger partial charge on any atom is 0.338 e. The molecule has 0 bridgehead atoms. The first kappa shape index (κ1) is 11.8. The molecule has 1 rings (SSSR count). The molecule has 0 fully saturated rings. The van der Waals surface area contributed by atoms with Gasteiger partial charge in [-0.1, -0.05) is 33.4 Å². The van der Waals surface area contributed by atoms with E-state index in [0.29, 0.717) is 12.2 Å². The van der Waals surface area contributed by atoms with Crippen molar-refractivity contribution < 1.29 is 9.53 Å². The van der Waals surface area contributed by atoms with Crippen molar-refractivity contribution >= 4 is 5.97 Å². The van der Waals surface area contributed by atoms with Gasteiger partial charge in [0.15, 0.2) is 0 Å². The van der Waals surface area contributed by atoms with Gasteiger partial charge in [0.2, 0.25) is 0 Å². The molecule has 0 aliphatic carbocycles. The van der Waals surface area contributed by atoms with E-state index in [0.717, 1.165) is 11.1 Å². The van der Waals surface area contributed by atoms with Crippen molar-refractivity contribution in [3.05, 3.63) is 35.5 Å². The number of ether oxygens (including phenoxy) is 1. The average molecular weight is 206 g/mol. The van der Waals surface area contributed by atoms with Gasteiger partial charge in [-0.05, 0) is 29.6 Å². The van der Waals surface area contributed by atoms with Gasteiger partial charge in [-0.2, -0.15) is 0 Å². The molecule has 0 saturated heterocycles. The van der Waals surface area contributed by atoms with Crippen molar-refractivity contribution in [2.24, 2.45) is 5.41 Å². The van der Waals surface area contributed by atoms with Crippen molar-refractivity contribution in [3.63, 3.8) is 0 Å². The van der Waals surface area contributed by atoms with Crippen LogP contribution in [0.2, 0.25) is 0 Å². The smallest absolute Gasteiger partial charge is 0.338 e. The molecule has 0 radical (unpaired) electrons. The largest absolute Gasteiger partial charge is 0.458 e. The zero-order valence-electron chi connectivity index (χ0n) is 9.89. The lowest BCUT2D eigenvalue weighted by atomic mass is 9.85. The Bertz CT molecular complexity index is 351. The van der Waals surface area contributed by atoms with Gasteiger partial charge < -0.3 is 4.74 Å². The average Bonchev–Trinajstić information content (AvgIpc) is 2.41. The number of hydrogen-bond acceptors (Lipinski definition) is 2. The molecular weight excluding hydrogens is 188 g/mol. The molecule has 2 heteroatoms. The highest BCUT2D eigenvalue weighted by molar-refractivity contribution is 5.94. The van der Waals surface area contributed by atoms with Crippen LogP contribution in [0, 0.1) is 5.41 Å². The third-order valence-electron chi connectivity index (χ3n) is 2.49. The van der Waals surface area contributed by atoms with Crippen LogP contribution in [0.3, 0.4) is 0 Å². The van der Waals surface area contributed by atoms with E-state index in [2.05, 4.69) is 27.4 Å². The number of hydrogen-bond donors (Lipinski definition) is 0. The molecule has 0 aromatic heterocycles. The van der Waals surface area contributed by atoms with Crippen LogP contribution in [0.25, 0.3) is 0 Å². The predicted octanol–water partition coefficient (Wildman–Crippen LogP) is 3.02. The highest BCUT2D eigenvalue weighted by Gasteiger charge is 2.22. The molecule has 0 amide bonds. The summed E-state index contributed by atoms with van der Waals surface area (Å²) in [4.78, 5) is 11.4. The first-order valence-corrected chi connectivity index (χ1v) is 5.07. The standard InChI is InChI=1S/C13H18O2/c1-6-10(13(3,4)5)7-11-9(2)8-15-12(11)14/h6-7H,1,8H2,2-5H3/b10-7+. The minimum Gasteiger partial charge on any atom is -0.458 e. The van der Waals surface area contributed by atoms with Gasteiger partial charge in [0.25, 0.3) is 0 Å². The Balaban J connectivity index is 3.10.